The Hall–Kier alpha value is -1.38. The van der Waals surface area contributed by atoms with E-state index in [9.17, 15) is 86.8 Å². The van der Waals surface area contributed by atoms with Crippen LogP contribution in [0.1, 0.15) is 85.5 Å². The minimum absolute atomic E-state index is 0.0857. The molecule has 84 heavy (non-hydrogen) atoms. The largest absolute Gasteiger partial charge is 0.394 e. The third kappa shape index (κ3) is 12.0. The molecule has 484 valence electrons. The van der Waals surface area contributed by atoms with Crippen LogP contribution in [0.15, 0.2) is 11.6 Å². The summed E-state index contributed by atoms with van der Waals surface area (Å²) < 4.78 is 65.8. The van der Waals surface area contributed by atoms with Crippen LogP contribution in [0, 0.1) is 46.3 Å². The van der Waals surface area contributed by atoms with Crippen LogP contribution in [0.3, 0.4) is 0 Å². The molecular weight excluding hydrogens is 1120 g/mol. The Morgan fingerprint density at radius 1 is 0.583 bits per heavy atom. The Balaban J connectivity index is 0.772. The highest BCUT2D eigenvalue weighted by Gasteiger charge is 2.68. The van der Waals surface area contributed by atoms with Gasteiger partial charge in [0, 0.05) is 12.3 Å². The zero-order chi connectivity index (χ0) is 60.6. The molecule has 0 spiro atoms. The molecule has 3 saturated carbocycles. The predicted octanol–water partition coefficient (Wildman–Crippen LogP) is -5.57. The molecule has 4 aliphatic carbocycles. The third-order valence-corrected chi connectivity index (χ3v) is 21.3. The number of rotatable bonds is 18. The zero-order valence-electron chi connectivity index (χ0n) is 47.8. The second-order valence-electron chi connectivity index (χ2n) is 26.2. The van der Waals surface area contributed by atoms with E-state index in [2.05, 4.69) is 26.8 Å². The van der Waals surface area contributed by atoms with Crippen LogP contribution in [0.4, 0.5) is 0 Å². The molecule has 0 aromatic heterocycles. The van der Waals surface area contributed by atoms with Crippen molar-refractivity contribution in [2.75, 3.05) is 39.6 Å². The second kappa shape index (κ2) is 26.1. The van der Waals surface area contributed by atoms with Gasteiger partial charge in [0.05, 0.1) is 51.8 Å². The molecule has 35 atom stereocenters. The van der Waals surface area contributed by atoms with E-state index in [0.29, 0.717) is 43.4 Å². The lowest BCUT2D eigenvalue weighted by molar-refractivity contribution is -0.403. The van der Waals surface area contributed by atoms with Crippen molar-refractivity contribution < 1.29 is 139 Å². The van der Waals surface area contributed by atoms with Gasteiger partial charge in [-0.05, 0) is 91.8 Å². The fraction of sp³-hybridized carbons (Fsp3) is 0.964. The number of aliphatic hydroxyl groups excluding tert-OH is 16. The highest BCUT2D eigenvalue weighted by Crippen LogP contribution is 2.70. The number of aliphatic hydroxyl groups is 17. The van der Waals surface area contributed by atoms with E-state index in [4.69, 9.17) is 52.1 Å². The van der Waals surface area contributed by atoms with Gasteiger partial charge in [-0.2, -0.15) is 0 Å². The average molecular weight is 1210 g/mol. The first-order valence-corrected chi connectivity index (χ1v) is 30.0. The van der Waals surface area contributed by atoms with Crippen LogP contribution in [-0.4, -0.2) is 292 Å². The smallest absolute Gasteiger partial charge is 0.187 e. The van der Waals surface area contributed by atoms with Crippen LogP contribution in [0.25, 0.3) is 0 Å². The van der Waals surface area contributed by atoms with Crippen LogP contribution in [0.2, 0.25) is 0 Å². The lowest BCUT2D eigenvalue weighted by Gasteiger charge is -2.58. The Bertz CT molecular complexity index is 2200. The molecule has 0 radical (unpaired) electrons. The maximum Gasteiger partial charge on any atom is 0.187 e. The monoisotopic (exact) mass is 1210 g/mol. The van der Waals surface area contributed by atoms with Gasteiger partial charge in [0.2, 0.25) is 0 Å². The van der Waals surface area contributed by atoms with Crippen LogP contribution >= 0.6 is 0 Å². The number of fused-ring (bicyclic) bond motifs is 7. The lowest BCUT2D eigenvalue weighted by atomic mass is 9.47. The van der Waals surface area contributed by atoms with E-state index in [1.165, 1.54) is 5.57 Å². The first-order valence-electron chi connectivity index (χ1n) is 30.0. The Morgan fingerprint density at radius 2 is 1.14 bits per heavy atom. The summed E-state index contributed by atoms with van der Waals surface area (Å²) >= 11 is 0. The molecule has 10 aliphatic rings. The Morgan fingerprint density at radius 3 is 1.81 bits per heavy atom. The molecule has 17 N–H and O–H groups in total. The summed E-state index contributed by atoms with van der Waals surface area (Å²) in [5, 5.41) is 182. The average Bonchev–Trinajstić information content (AvgIpc) is 2.08. The highest BCUT2D eigenvalue weighted by atomic mass is 16.8. The van der Waals surface area contributed by atoms with E-state index in [1.807, 2.05) is 6.92 Å². The fourth-order valence-electron chi connectivity index (χ4n) is 16.2. The SMILES string of the molecule is C[C@H](CC[C@@]1(O)O[C@H]2C[C@H]3[C@@H]4CC=C5C[C@@H](O[C@@H]6O[C@H](CO)[C@H](O[C@@H]7O[C@H](CO)[C@@H](O)[C@H](O[C@@H]8OC[C@@H](O)[C@H](O)[C@H]8O)[C@H]7O[C@@H]7O[C@H](CO)[C@@H](O)[C@H](O)[C@H]7O)[C@H](O)[C@H]6O)CC[C@]5(C)[C@H]4CC[C@]3(C)[C@H]2[C@@H]1C)CO[C@@H]1O[C@H](CO)[C@@H](O)[C@H](O)[C@H]1O. The molecule has 0 aromatic carbocycles. The molecule has 9 fully saturated rings. The van der Waals surface area contributed by atoms with Crippen LogP contribution < -0.4 is 0 Å². The standard InChI is InChI=1S/C56H92O28/c1-21(19-74-49-43(70)39(66)36(63)30(15-57)77-49)7-12-56(73)22(2)34-29(84-56)14-27-25-6-5-23-13-24(8-10-54(23,3)26(25)9-11-55(27,34)4)76-51-45(72)41(68)46(33(18-60)80-51)81-53-48(83-52-44(71)40(67)37(64)31(16-58)78-52)47(38(65)32(17-59)79-53)82-50-42(69)35(62)28(61)20-75-50/h5,21-22,24-53,57-73H,6-20H2,1-4H3/t21-,22+,24+,25-,26+,27+,28-,29+,30-,31-,32-,33-,34+,35+,36-,37-,38-,39+,40+,41-,42-,43-,44-,45-,46+,47+,48-,49-,50+,51-,52+,53+,54+,55+,56-/m1/s1. The summed E-state index contributed by atoms with van der Waals surface area (Å²) in [7, 11) is 0. The molecule has 6 aliphatic heterocycles. The molecule has 10 rings (SSSR count). The molecule has 0 unspecified atom stereocenters. The molecule has 6 saturated heterocycles. The molecule has 28 heteroatoms. The fourth-order valence-corrected chi connectivity index (χ4v) is 16.2. The molecular formula is C56H92O28. The van der Waals surface area contributed by atoms with Gasteiger partial charge >= 0.3 is 0 Å². The van der Waals surface area contributed by atoms with Gasteiger partial charge in [0.25, 0.3) is 0 Å². The van der Waals surface area contributed by atoms with Gasteiger partial charge in [-0.1, -0.05) is 39.3 Å². The van der Waals surface area contributed by atoms with Gasteiger partial charge < -0.3 is 139 Å². The van der Waals surface area contributed by atoms with Crippen molar-refractivity contribution in [3.63, 3.8) is 0 Å². The second-order valence-corrected chi connectivity index (χ2v) is 26.2. The maximum atomic E-state index is 12.1. The highest BCUT2D eigenvalue weighted by molar-refractivity contribution is 5.26. The minimum Gasteiger partial charge on any atom is -0.394 e. The zero-order valence-corrected chi connectivity index (χ0v) is 47.8. The maximum absolute atomic E-state index is 12.1. The molecule has 0 bridgehead atoms. The number of hydrogen-bond acceptors (Lipinski definition) is 28. The lowest BCUT2D eigenvalue weighted by Crippen LogP contribution is -2.68. The van der Waals surface area contributed by atoms with Crippen molar-refractivity contribution in [1.82, 2.24) is 0 Å². The van der Waals surface area contributed by atoms with Gasteiger partial charge in [-0.15, -0.1) is 0 Å². The summed E-state index contributed by atoms with van der Waals surface area (Å²) in [4.78, 5) is 0. The molecule has 6 heterocycles. The van der Waals surface area contributed by atoms with Crippen LogP contribution in [-0.2, 0) is 52.1 Å². The summed E-state index contributed by atoms with van der Waals surface area (Å²) in [5.74, 6) is -0.410. The van der Waals surface area contributed by atoms with Crippen molar-refractivity contribution in [2.45, 2.75) is 251 Å². The van der Waals surface area contributed by atoms with E-state index in [1.54, 1.807) is 0 Å². The topological polar surface area (TPSA) is 445 Å². The predicted molar refractivity (Wildman–Crippen MR) is 278 cm³/mol. The Labute approximate surface area is 486 Å². The molecule has 0 amide bonds. The first-order chi connectivity index (χ1) is 39.8. The number of ether oxygens (including phenoxy) is 11. The van der Waals surface area contributed by atoms with Gasteiger partial charge in [-0.25, -0.2) is 0 Å². The number of allylic oxidation sites excluding steroid dienone is 1. The molecule has 28 nitrogen and oxygen atoms in total. The molecule has 0 aromatic rings. The van der Waals surface area contributed by atoms with Crippen LogP contribution in [0.5, 0.6) is 0 Å². The third-order valence-electron chi connectivity index (χ3n) is 21.3. The summed E-state index contributed by atoms with van der Waals surface area (Å²) in [6.07, 6.45) is -32.5. The van der Waals surface area contributed by atoms with Crippen molar-refractivity contribution in [1.29, 1.82) is 0 Å². The van der Waals surface area contributed by atoms with Crippen molar-refractivity contribution in [3.8, 4) is 0 Å². The summed E-state index contributed by atoms with van der Waals surface area (Å²) in [6.45, 7) is 5.17. The normalized spacial score (nSPS) is 54.4. The van der Waals surface area contributed by atoms with Gasteiger partial charge in [0.15, 0.2) is 37.2 Å². The minimum atomic E-state index is -2.03. The van der Waals surface area contributed by atoms with E-state index in [-0.39, 0.29) is 41.3 Å². The Kier molecular flexibility index (Phi) is 20.4. The van der Waals surface area contributed by atoms with Crippen molar-refractivity contribution in [2.24, 2.45) is 46.3 Å². The van der Waals surface area contributed by atoms with Gasteiger partial charge in [0.1, 0.15) is 116 Å². The van der Waals surface area contributed by atoms with E-state index >= 15 is 0 Å². The van der Waals surface area contributed by atoms with E-state index < -0.39 is 192 Å². The summed E-state index contributed by atoms with van der Waals surface area (Å²) in [6, 6.07) is 0. The van der Waals surface area contributed by atoms with Gasteiger partial charge in [-0.3, -0.25) is 0 Å². The number of hydrogen-bond donors (Lipinski definition) is 17. The quantitative estimate of drug-likeness (QED) is 0.0569. The van der Waals surface area contributed by atoms with E-state index in [0.717, 1.165) is 32.1 Å². The van der Waals surface area contributed by atoms with Crippen molar-refractivity contribution >= 4 is 0 Å². The summed E-state index contributed by atoms with van der Waals surface area (Å²) in [5.41, 5.74) is 0.974. The van der Waals surface area contributed by atoms with Crippen molar-refractivity contribution in [3.05, 3.63) is 11.6 Å². The first kappa shape index (κ1) is 65.6.